The zero-order valence-electron chi connectivity index (χ0n) is 21.4. The van der Waals surface area contributed by atoms with Crippen molar-refractivity contribution in [1.29, 1.82) is 0 Å². The van der Waals surface area contributed by atoms with Gasteiger partial charge in [-0.2, -0.15) is 74.6 Å². The van der Waals surface area contributed by atoms with Gasteiger partial charge in [-0.1, -0.05) is 30.3 Å². The molecule has 0 radical (unpaired) electrons. The molecule has 0 aliphatic carbocycles. The predicted octanol–water partition coefficient (Wildman–Crippen LogP) is 8.36. The second-order valence-corrected chi connectivity index (χ2v) is 12.5. The molecule has 22 heteroatoms. The molecule has 0 spiro atoms. The highest BCUT2D eigenvalue weighted by Gasteiger charge is 2.95. The van der Waals surface area contributed by atoms with Crippen LogP contribution in [0.1, 0.15) is 13.8 Å². The minimum absolute atomic E-state index is 0.424. The van der Waals surface area contributed by atoms with Crippen LogP contribution in [-0.4, -0.2) is 71.4 Å². The van der Waals surface area contributed by atoms with E-state index >= 15 is 0 Å². The van der Waals surface area contributed by atoms with Crippen LogP contribution >= 0.6 is 0 Å². The molecule has 0 fully saturated rings. The second kappa shape index (κ2) is 12.2. The Labute approximate surface area is 239 Å². The lowest BCUT2D eigenvalue weighted by Crippen LogP contribution is -2.75. The maximum atomic E-state index is 13.0. The van der Waals surface area contributed by atoms with E-state index in [4.69, 9.17) is 0 Å². The third-order valence-corrected chi connectivity index (χ3v) is 9.02. The van der Waals surface area contributed by atoms with Crippen LogP contribution in [0.3, 0.4) is 0 Å². The van der Waals surface area contributed by atoms with E-state index in [1.54, 1.807) is 0 Å². The first-order chi connectivity index (χ1) is 19.4. The molecule has 0 aliphatic heterocycles. The molecule has 0 saturated heterocycles. The molecule has 0 bridgehead atoms. The highest BCUT2D eigenvalue weighted by Crippen LogP contribution is 2.64. The Morgan fingerprint density at radius 3 is 1.32 bits per heavy atom. The van der Waals surface area contributed by atoms with E-state index in [0.717, 1.165) is 0 Å². The standard InChI is InChI=1S/C14H17S.C8HF17O3S/c1-3-15(4-2)14-11-7-9-12-8-5-6-10-13(12)14;9-1(10,3(13,14)5(17,18)7(21,22)23)2(11,12)4(15,16)6(19,20)8(24,25)29(26,27)28/h5-11H,3-4H2,1-2H3;(H,26,27,28)/q+1;/p-1. The monoisotopic (exact) mass is 716 g/mol. The van der Waals surface area contributed by atoms with E-state index in [0.29, 0.717) is 10.9 Å². The first-order valence-electron chi connectivity index (χ1n) is 11.2. The van der Waals surface area contributed by atoms with Crippen molar-refractivity contribution in [3.8, 4) is 0 Å². The van der Waals surface area contributed by atoms with E-state index < -0.39 is 57.1 Å². The van der Waals surface area contributed by atoms with E-state index in [1.165, 1.54) is 27.2 Å². The summed E-state index contributed by atoms with van der Waals surface area (Å²) in [6, 6.07) is 15.4. The van der Waals surface area contributed by atoms with Crippen molar-refractivity contribution in [2.24, 2.45) is 0 Å². The van der Waals surface area contributed by atoms with Gasteiger partial charge in [-0.25, -0.2) is 8.42 Å². The van der Waals surface area contributed by atoms with Gasteiger partial charge in [0.05, 0.1) is 0 Å². The normalized spacial score (nSPS) is 14.9. The first kappa shape index (κ1) is 39.8. The van der Waals surface area contributed by atoms with Crippen LogP contribution < -0.4 is 0 Å². The molecule has 44 heavy (non-hydrogen) atoms. The van der Waals surface area contributed by atoms with Gasteiger partial charge in [-0.15, -0.1) is 0 Å². The Balaban J connectivity index is 0.000000532. The van der Waals surface area contributed by atoms with Crippen molar-refractivity contribution in [2.45, 2.75) is 65.7 Å². The van der Waals surface area contributed by atoms with Crippen LogP contribution in [0.2, 0.25) is 0 Å². The third-order valence-electron chi connectivity index (χ3n) is 5.76. The van der Waals surface area contributed by atoms with Crippen molar-refractivity contribution < 1.29 is 87.6 Å². The molecule has 3 nitrogen and oxygen atoms in total. The number of benzene rings is 2. The van der Waals surface area contributed by atoms with Crippen LogP contribution in [0.15, 0.2) is 47.4 Å². The quantitative estimate of drug-likeness (QED) is 0.141. The second-order valence-electron chi connectivity index (χ2n) is 8.46. The molecule has 2 aromatic rings. The Hall–Kier alpha value is -2.23. The van der Waals surface area contributed by atoms with Crippen LogP contribution in [0.25, 0.3) is 10.8 Å². The van der Waals surface area contributed by atoms with E-state index in [1.807, 2.05) is 0 Å². The van der Waals surface area contributed by atoms with Gasteiger partial charge in [0.1, 0.15) is 11.5 Å². The molecular weight excluding hydrogens is 699 g/mol. The number of rotatable bonds is 10. The lowest BCUT2D eigenvalue weighted by Gasteiger charge is -2.42. The summed E-state index contributed by atoms with van der Waals surface area (Å²) in [6.07, 6.45) is -7.89. The largest absolute Gasteiger partial charge is 0.743 e. The smallest absolute Gasteiger partial charge is 0.460 e. The van der Waals surface area contributed by atoms with Crippen molar-refractivity contribution >= 4 is 31.8 Å². The first-order valence-corrected chi connectivity index (χ1v) is 14.2. The Morgan fingerprint density at radius 1 is 0.568 bits per heavy atom. The number of alkyl halides is 17. The van der Waals surface area contributed by atoms with Crippen LogP contribution in [0.5, 0.6) is 0 Å². The maximum Gasteiger partial charge on any atom is 0.460 e. The summed E-state index contributed by atoms with van der Waals surface area (Å²) in [5, 5.41) is -5.15. The summed E-state index contributed by atoms with van der Waals surface area (Å²) in [6.45, 7) is 4.57. The Morgan fingerprint density at radius 2 is 0.932 bits per heavy atom. The summed E-state index contributed by atoms with van der Waals surface area (Å²) in [4.78, 5) is 1.54. The molecule has 0 aliphatic rings. The van der Waals surface area contributed by atoms with Crippen molar-refractivity contribution in [3.63, 3.8) is 0 Å². The molecule has 2 rings (SSSR count). The summed E-state index contributed by atoms with van der Waals surface area (Å²) in [5.41, 5.74) is 0. The molecule has 0 aromatic heterocycles. The van der Waals surface area contributed by atoms with Crippen LogP contribution in [0, 0.1) is 0 Å². The van der Waals surface area contributed by atoms with Crippen molar-refractivity contribution in [3.05, 3.63) is 42.5 Å². The molecular formula is C22H17F17O3S2. The zero-order chi connectivity index (χ0) is 35.2. The Kier molecular flexibility index (Phi) is 11.0. The lowest BCUT2D eigenvalue weighted by molar-refractivity contribution is -0.458. The van der Waals surface area contributed by atoms with Gasteiger partial charge in [0, 0.05) is 16.3 Å². The van der Waals surface area contributed by atoms with Crippen LogP contribution in [0.4, 0.5) is 74.6 Å². The zero-order valence-corrected chi connectivity index (χ0v) is 23.1. The lowest BCUT2D eigenvalue weighted by atomic mass is 9.91. The molecule has 2 aromatic carbocycles. The fourth-order valence-electron chi connectivity index (χ4n) is 3.27. The molecule has 0 heterocycles. The maximum absolute atomic E-state index is 13.0. The van der Waals surface area contributed by atoms with Gasteiger partial charge < -0.3 is 4.55 Å². The average Bonchev–Trinajstić information content (AvgIpc) is 2.88. The third kappa shape index (κ3) is 6.13. The van der Waals surface area contributed by atoms with E-state index in [-0.39, 0.29) is 0 Å². The summed E-state index contributed by atoms with van der Waals surface area (Å²) in [5.74, 6) is -49.6. The van der Waals surface area contributed by atoms with Gasteiger partial charge in [0.25, 0.3) is 0 Å². The van der Waals surface area contributed by atoms with Gasteiger partial charge in [-0.3, -0.25) is 0 Å². The fraction of sp³-hybridized carbons (Fsp3) is 0.545. The summed E-state index contributed by atoms with van der Waals surface area (Å²) in [7, 11) is -7.72. The van der Waals surface area contributed by atoms with Gasteiger partial charge in [-0.05, 0) is 31.4 Å². The van der Waals surface area contributed by atoms with Gasteiger partial charge in [0.15, 0.2) is 15.0 Å². The minimum Gasteiger partial charge on any atom is -0.743 e. The fourth-order valence-corrected chi connectivity index (χ4v) is 5.51. The molecule has 0 atom stereocenters. The molecule has 254 valence electrons. The Bertz CT molecular complexity index is 1400. The molecule has 0 N–H and O–H groups in total. The average molecular weight is 716 g/mol. The van der Waals surface area contributed by atoms with Crippen LogP contribution in [-0.2, 0) is 21.0 Å². The summed E-state index contributed by atoms with van der Waals surface area (Å²) >= 11 is 0. The number of hydrogen-bond donors (Lipinski definition) is 0. The highest BCUT2D eigenvalue weighted by atomic mass is 32.2. The molecule has 0 amide bonds. The highest BCUT2D eigenvalue weighted by molar-refractivity contribution is 7.97. The van der Waals surface area contributed by atoms with Gasteiger partial charge >= 0.3 is 47.0 Å². The summed E-state index contributed by atoms with van der Waals surface area (Å²) < 4.78 is 244. The SMILES string of the molecule is CC[S+](CC)c1cccc2ccccc12.O=S(=O)([O-])C(F)(F)C(F)(F)C(F)(F)C(F)(F)C(F)(F)C(F)(F)C(F)(F)C(F)(F)F. The minimum atomic E-state index is -8.92. The predicted molar refractivity (Wildman–Crippen MR) is 121 cm³/mol. The molecule has 0 saturated carbocycles. The molecule has 0 unspecified atom stereocenters. The van der Waals surface area contributed by atoms with Crippen molar-refractivity contribution in [2.75, 3.05) is 11.5 Å². The number of fused-ring (bicyclic) bond motifs is 1. The van der Waals surface area contributed by atoms with E-state index in [9.17, 15) is 87.6 Å². The number of hydrogen-bond acceptors (Lipinski definition) is 3. The van der Waals surface area contributed by atoms with E-state index in [2.05, 4.69) is 56.3 Å². The number of halogens is 17. The van der Waals surface area contributed by atoms with Gasteiger partial charge in [0.2, 0.25) is 0 Å². The topological polar surface area (TPSA) is 57.2 Å². The van der Waals surface area contributed by atoms with Crippen molar-refractivity contribution in [1.82, 2.24) is 0 Å².